The minimum absolute atomic E-state index is 0.101. The van der Waals surface area contributed by atoms with E-state index in [2.05, 4.69) is 19.9 Å². The highest BCUT2D eigenvalue weighted by Crippen LogP contribution is 2.22. The Bertz CT molecular complexity index is 636. The maximum absolute atomic E-state index is 11.6. The van der Waals surface area contributed by atoms with Crippen LogP contribution < -0.4 is 4.90 Å². The number of ether oxygens (including phenoxy) is 2. The van der Waals surface area contributed by atoms with Gasteiger partial charge in [0.2, 0.25) is 0 Å². The number of aromatic nitrogens is 4. The zero-order chi connectivity index (χ0) is 14.7. The van der Waals surface area contributed by atoms with Crippen LogP contribution in [0.5, 0.6) is 0 Å². The second-order valence-electron chi connectivity index (χ2n) is 4.65. The summed E-state index contributed by atoms with van der Waals surface area (Å²) in [5.74, 6) is 0.481. The van der Waals surface area contributed by atoms with Gasteiger partial charge in [-0.2, -0.15) is 0 Å². The number of hydrogen-bond donors (Lipinski definition) is 0. The monoisotopic (exact) mass is 291 g/mol. The predicted octanol–water partition coefficient (Wildman–Crippen LogP) is 0.226. The summed E-state index contributed by atoms with van der Waals surface area (Å²) in [4.78, 5) is 26.6. The van der Waals surface area contributed by atoms with Gasteiger partial charge >= 0.3 is 5.97 Å². The van der Waals surface area contributed by atoms with Crippen molar-refractivity contribution in [3.8, 4) is 0 Å². The predicted molar refractivity (Wildman–Crippen MR) is 75.0 cm³/mol. The third-order valence-electron chi connectivity index (χ3n) is 3.30. The summed E-state index contributed by atoms with van der Waals surface area (Å²) in [5.41, 5.74) is 1.34. The van der Waals surface area contributed by atoms with E-state index in [0.717, 1.165) is 18.9 Å². The van der Waals surface area contributed by atoms with Gasteiger partial charge < -0.3 is 18.9 Å². The van der Waals surface area contributed by atoms with Gasteiger partial charge in [0.05, 0.1) is 26.1 Å². The van der Waals surface area contributed by atoms with Crippen molar-refractivity contribution in [1.29, 1.82) is 0 Å². The molecule has 112 valence electrons. The Morgan fingerprint density at radius 1 is 1.33 bits per heavy atom. The van der Waals surface area contributed by atoms with Gasteiger partial charge in [-0.25, -0.2) is 15.0 Å². The third-order valence-corrected chi connectivity index (χ3v) is 3.30. The molecular weight excluding hydrogens is 274 g/mol. The molecule has 1 saturated heterocycles. The normalized spacial score (nSPS) is 15.4. The van der Waals surface area contributed by atoms with Crippen molar-refractivity contribution in [1.82, 2.24) is 19.5 Å². The number of carbonyl (C=O) groups is 1. The average molecular weight is 291 g/mol. The van der Waals surface area contributed by atoms with E-state index in [-0.39, 0.29) is 12.5 Å². The minimum Gasteiger partial charge on any atom is -0.465 e. The molecule has 2 aromatic rings. The first-order chi connectivity index (χ1) is 10.3. The van der Waals surface area contributed by atoms with E-state index in [1.807, 2.05) is 0 Å². The summed E-state index contributed by atoms with van der Waals surface area (Å²) >= 11 is 0. The van der Waals surface area contributed by atoms with Gasteiger partial charge in [0.1, 0.15) is 12.9 Å². The zero-order valence-electron chi connectivity index (χ0n) is 11.9. The maximum atomic E-state index is 11.6. The molecule has 0 radical (unpaired) electrons. The lowest BCUT2D eigenvalue weighted by atomic mass is 10.4. The Balaban J connectivity index is 1.90. The van der Waals surface area contributed by atoms with Crippen molar-refractivity contribution in [2.75, 3.05) is 37.8 Å². The highest BCUT2D eigenvalue weighted by molar-refractivity contribution is 5.84. The van der Waals surface area contributed by atoms with E-state index in [9.17, 15) is 4.79 Å². The lowest BCUT2D eigenvalue weighted by molar-refractivity contribution is -0.143. The first-order valence-electron chi connectivity index (χ1n) is 6.93. The van der Waals surface area contributed by atoms with Crippen LogP contribution >= 0.6 is 0 Å². The molecule has 3 rings (SSSR count). The van der Waals surface area contributed by atoms with Crippen molar-refractivity contribution in [2.24, 2.45) is 0 Å². The number of anilines is 1. The van der Waals surface area contributed by atoms with Gasteiger partial charge in [-0.3, -0.25) is 4.79 Å². The molecule has 0 unspecified atom stereocenters. The number of hydrogen-bond acceptors (Lipinski definition) is 7. The maximum Gasteiger partial charge on any atom is 0.326 e. The van der Waals surface area contributed by atoms with Gasteiger partial charge in [0.25, 0.3) is 0 Å². The summed E-state index contributed by atoms with van der Waals surface area (Å²) in [5, 5.41) is 0. The van der Waals surface area contributed by atoms with Crippen molar-refractivity contribution >= 4 is 23.0 Å². The van der Waals surface area contributed by atoms with Crippen LogP contribution in [0.25, 0.3) is 11.2 Å². The molecule has 1 fully saturated rings. The van der Waals surface area contributed by atoms with Gasteiger partial charge in [0, 0.05) is 13.1 Å². The van der Waals surface area contributed by atoms with E-state index in [4.69, 9.17) is 9.47 Å². The molecule has 0 bridgehead atoms. The second kappa shape index (κ2) is 6.04. The Kier molecular flexibility index (Phi) is 3.96. The van der Waals surface area contributed by atoms with E-state index in [1.165, 1.54) is 6.33 Å². The summed E-state index contributed by atoms with van der Waals surface area (Å²) in [6.45, 7) is 5.14. The molecule has 2 aromatic heterocycles. The van der Waals surface area contributed by atoms with E-state index < -0.39 is 0 Å². The Labute approximate surface area is 121 Å². The average Bonchev–Trinajstić information content (AvgIpc) is 2.91. The lowest BCUT2D eigenvalue weighted by Crippen LogP contribution is -2.37. The molecule has 21 heavy (non-hydrogen) atoms. The molecule has 1 aliphatic rings. The largest absolute Gasteiger partial charge is 0.465 e. The SMILES string of the molecule is CCOC(=O)Cn1cnc2c(N3CCOCC3)ncnc21. The molecule has 0 amide bonds. The summed E-state index contributed by atoms with van der Waals surface area (Å²) in [6, 6.07) is 0. The molecule has 8 nitrogen and oxygen atoms in total. The van der Waals surface area contributed by atoms with E-state index >= 15 is 0 Å². The van der Waals surface area contributed by atoms with Crippen LogP contribution in [0.4, 0.5) is 5.82 Å². The summed E-state index contributed by atoms with van der Waals surface area (Å²) < 4.78 is 12.0. The van der Waals surface area contributed by atoms with Crippen LogP contribution in [0.1, 0.15) is 6.92 Å². The van der Waals surface area contributed by atoms with Gasteiger partial charge in [-0.15, -0.1) is 0 Å². The van der Waals surface area contributed by atoms with Crippen LogP contribution in [-0.2, 0) is 20.8 Å². The van der Waals surface area contributed by atoms with Gasteiger partial charge in [0.15, 0.2) is 17.0 Å². The molecule has 0 saturated carbocycles. The number of imidazole rings is 1. The fourth-order valence-corrected chi connectivity index (χ4v) is 2.34. The molecule has 0 aromatic carbocycles. The van der Waals surface area contributed by atoms with Crippen molar-refractivity contribution < 1.29 is 14.3 Å². The third kappa shape index (κ3) is 2.80. The number of carbonyl (C=O) groups excluding carboxylic acids is 1. The van der Waals surface area contributed by atoms with E-state index in [0.29, 0.717) is 31.0 Å². The molecule has 0 N–H and O–H groups in total. The lowest BCUT2D eigenvalue weighted by Gasteiger charge is -2.27. The fraction of sp³-hybridized carbons (Fsp3) is 0.538. The van der Waals surface area contributed by atoms with Crippen molar-refractivity contribution in [2.45, 2.75) is 13.5 Å². The molecule has 0 spiro atoms. The molecular formula is C13H17N5O3. The van der Waals surface area contributed by atoms with Gasteiger partial charge in [-0.1, -0.05) is 0 Å². The fourth-order valence-electron chi connectivity index (χ4n) is 2.34. The first kappa shape index (κ1) is 13.7. The standard InChI is InChI=1S/C13H17N5O3/c1-2-21-10(19)7-18-9-16-11-12(14-8-15-13(11)18)17-3-5-20-6-4-17/h8-9H,2-7H2,1H3. The summed E-state index contributed by atoms with van der Waals surface area (Å²) in [6.07, 6.45) is 3.09. The minimum atomic E-state index is -0.302. The Morgan fingerprint density at radius 2 is 2.14 bits per heavy atom. The van der Waals surface area contributed by atoms with Crippen LogP contribution in [0, 0.1) is 0 Å². The van der Waals surface area contributed by atoms with Crippen LogP contribution in [0.3, 0.4) is 0 Å². The van der Waals surface area contributed by atoms with Crippen molar-refractivity contribution in [3.05, 3.63) is 12.7 Å². The first-order valence-corrected chi connectivity index (χ1v) is 6.93. The zero-order valence-corrected chi connectivity index (χ0v) is 11.9. The second-order valence-corrected chi connectivity index (χ2v) is 4.65. The number of nitrogens with zero attached hydrogens (tertiary/aromatic N) is 5. The van der Waals surface area contributed by atoms with Crippen LogP contribution in [0.2, 0.25) is 0 Å². The quantitative estimate of drug-likeness (QED) is 0.745. The highest BCUT2D eigenvalue weighted by Gasteiger charge is 2.19. The van der Waals surface area contributed by atoms with E-state index in [1.54, 1.807) is 17.8 Å². The molecule has 0 atom stereocenters. The summed E-state index contributed by atoms with van der Waals surface area (Å²) in [7, 11) is 0. The van der Waals surface area contributed by atoms with Crippen molar-refractivity contribution in [3.63, 3.8) is 0 Å². The Morgan fingerprint density at radius 3 is 2.90 bits per heavy atom. The topological polar surface area (TPSA) is 82.4 Å². The van der Waals surface area contributed by atoms with Crippen LogP contribution in [0.15, 0.2) is 12.7 Å². The smallest absolute Gasteiger partial charge is 0.326 e. The number of fused-ring (bicyclic) bond motifs is 1. The molecule has 3 heterocycles. The van der Waals surface area contributed by atoms with Gasteiger partial charge in [-0.05, 0) is 6.92 Å². The molecule has 1 aliphatic heterocycles. The number of esters is 1. The molecule has 0 aliphatic carbocycles. The highest BCUT2D eigenvalue weighted by atomic mass is 16.5. The van der Waals surface area contributed by atoms with Crippen LogP contribution in [-0.4, -0.2) is 58.4 Å². The Hall–Kier alpha value is -2.22. The number of morpholine rings is 1. The molecule has 8 heteroatoms. The number of rotatable bonds is 4.